The molecule has 2 amide bonds. The summed E-state index contributed by atoms with van der Waals surface area (Å²) in [6.07, 6.45) is 0. The molecule has 0 aliphatic carbocycles. The molecule has 0 aliphatic heterocycles. The number of rotatable bonds is 5. The van der Waals surface area contributed by atoms with Crippen LogP contribution >= 0.6 is 23.2 Å². The van der Waals surface area contributed by atoms with Crippen LogP contribution in [0.1, 0.15) is 31.1 Å². The van der Waals surface area contributed by atoms with Crippen LogP contribution in [0.2, 0.25) is 10.0 Å². The molecule has 0 heterocycles. The highest BCUT2D eigenvalue weighted by atomic mass is 35.5. The first-order chi connectivity index (χ1) is 12.2. The van der Waals surface area contributed by atoms with Gasteiger partial charge in [0.05, 0.1) is 16.3 Å². The summed E-state index contributed by atoms with van der Waals surface area (Å²) < 4.78 is 5.40. The number of anilines is 1. The fourth-order valence-corrected chi connectivity index (χ4v) is 2.58. The Balaban J connectivity index is 2.04. The minimum absolute atomic E-state index is 0.253. The number of para-hydroxylation sites is 1. The maximum atomic E-state index is 12.4. The minimum atomic E-state index is -0.410. The summed E-state index contributed by atoms with van der Waals surface area (Å²) >= 11 is 11.8. The normalized spacial score (nSPS) is 11.0. The minimum Gasteiger partial charge on any atom is -0.482 e. The fourth-order valence-electron chi connectivity index (χ4n) is 2.12. The monoisotopic (exact) mass is 394 g/mol. The molecule has 5 nitrogen and oxygen atoms in total. The lowest BCUT2D eigenvalue weighted by Gasteiger charge is -2.21. The maximum Gasteiger partial charge on any atom is 0.262 e. The van der Waals surface area contributed by atoms with Crippen molar-refractivity contribution in [3.8, 4) is 5.75 Å². The number of benzene rings is 2. The molecular weight excluding hydrogens is 375 g/mol. The Bertz CT molecular complexity index is 817. The molecule has 0 atom stereocenters. The molecule has 2 rings (SSSR count). The third-order valence-electron chi connectivity index (χ3n) is 3.19. The van der Waals surface area contributed by atoms with E-state index < -0.39 is 5.91 Å². The molecule has 0 fully saturated rings. The molecule has 7 heteroatoms. The van der Waals surface area contributed by atoms with Crippen LogP contribution in [-0.2, 0) is 4.79 Å². The Morgan fingerprint density at radius 3 is 2.42 bits per heavy atom. The molecule has 2 N–H and O–H groups in total. The third-order valence-corrected chi connectivity index (χ3v) is 3.72. The number of hydrogen-bond acceptors (Lipinski definition) is 3. The van der Waals surface area contributed by atoms with Crippen molar-refractivity contribution in [1.82, 2.24) is 5.32 Å². The van der Waals surface area contributed by atoms with Gasteiger partial charge in [0.1, 0.15) is 5.75 Å². The molecule has 138 valence electrons. The van der Waals surface area contributed by atoms with Crippen LogP contribution in [0.15, 0.2) is 42.5 Å². The van der Waals surface area contributed by atoms with Gasteiger partial charge in [-0.3, -0.25) is 9.59 Å². The Kier molecular flexibility index (Phi) is 6.51. The number of hydrogen-bond donors (Lipinski definition) is 2. The molecule has 2 aromatic carbocycles. The lowest BCUT2D eigenvalue weighted by molar-refractivity contribution is -0.118. The van der Waals surface area contributed by atoms with Crippen molar-refractivity contribution in [1.29, 1.82) is 0 Å². The zero-order chi connectivity index (χ0) is 19.3. The van der Waals surface area contributed by atoms with Crippen molar-refractivity contribution in [3.63, 3.8) is 0 Å². The maximum absolute atomic E-state index is 12.4. The standard InChI is InChI=1S/C19H20Cl2N2O3/c1-19(2,3)23-18(25)13-6-4-5-7-15(13)22-17(24)11-26-16-9-8-12(20)10-14(16)21/h4-10H,11H2,1-3H3,(H,22,24)(H,23,25). The summed E-state index contributed by atoms with van der Waals surface area (Å²) in [5, 5.41) is 6.35. The third kappa shape index (κ3) is 5.93. The van der Waals surface area contributed by atoms with Gasteiger partial charge >= 0.3 is 0 Å². The van der Waals surface area contributed by atoms with Crippen LogP contribution < -0.4 is 15.4 Å². The quantitative estimate of drug-likeness (QED) is 0.781. The van der Waals surface area contributed by atoms with E-state index in [0.29, 0.717) is 27.0 Å². The van der Waals surface area contributed by atoms with E-state index in [4.69, 9.17) is 27.9 Å². The molecule has 2 aromatic rings. The number of halogens is 2. The fraction of sp³-hybridized carbons (Fsp3) is 0.263. The van der Waals surface area contributed by atoms with Crippen LogP contribution in [0.25, 0.3) is 0 Å². The van der Waals surface area contributed by atoms with Crippen LogP contribution in [0, 0.1) is 0 Å². The summed E-state index contributed by atoms with van der Waals surface area (Å²) in [5.74, 6) is -0.327. The largest absolute Gasteiger partial charge is 0.482 e. The average molecular weight is 395 g/mol. The van der Waals surface area contributed by atoms with E-state index in [1.54, 1.807) is 36.4 Å². The average Bonchev–Trinajstić information content (AvgIpc) is 2.53. The van der Waals surface area contributed by atoms with E-state index in [1.165, 1.54) is 6.07 Å². The van der Waals surface area contributed by atoms with Crippen molar-refractivity contribution in [2.45, 2.75) is 26.3 Å². The van der Waals surface area contributed by atoms with E-state index in [0.717, 1.165) is 0 Å². The molecule has 0 unspecified atom stereocenters. The van der Waals surface area contributed by atoms with Crippen molar-refractivity contribution in [2.75, 3.05) is 11.9 Å². The lowest BCUT2D eigenvalue weighted by atomic mass is 10.1. The first-order valence-electron chi connectivity index (χ1n) is 7.95. The van der Waals surface area contributed by atoms with Gasteiger partial charge in [-0.25, -0.2) is 0 Å². The second-order valence-corrected chi connectivity index (χ2v) is 7.50. The van der Waals surface area contributed by atoms with Crippen molar-refractivity contribution in [3.05, 3.63) is 58.1 Å². The molecule has 0 saturated carbocycles. The Morgan fingerprint density at radius 1 is 1.08 bits per heavy atom. The van der Waals surface area contributed by atoms with E-state index in [9.17, 15) is 9.59 Å². The van der Waals surface area contributed by atoms with Gasteiger partial charge in [0.2, 0.25) is 0 Å². The number of carbonyl (C=O) groups is 2. The smallest absolute Gasteiger partial charge is 0.262 e. The Hall–Kier alpha value is -2.24. The van der Waals surface area contributed by atoms with Gasteiger partial charge in [-0.1, -0.05) is 35.3 Å². The van der Waals surface area contributed by atoms with Crippen LogP contribution in [0.4, 0.5) is 5.69 Å². The van der Waals surface area contributed by atoms with Crippen LogP contribution in [0.5, 0.6) is 5.75 Å². The van der Waals surface area contributed by atoms with Gasteiger partial charge in [-0.05, 0) is 51.1 Å². The zero-order valence-electron chi connectivity index (χ0n) is 14.7. The van der Waals surface area contributed by atoms with Gasteiger partial charge in [-0.15, -0.1) is 0 Å². The Morgan fingerprint density at radius 2 is 1.77 bits per heavy atom. The summed E-state index contributed by atoms with van der Waals surface area (Å²) in [7, 11) is 0. The molecule has 0 saturated heterocycles. The van der Waals surface area contributed by atoms with Crippen LogP contribution in [0.3, 0.4) is 0 Å². The molecule has 0 spiro atoms. The van der Waals surface area contributed by atoms with Crippen LogP contribution in [-0.4, -0.2) is 24.0 Å². The molecule has 26 heavy (non-hydrogen) atoms. The molecule has 0 radical (unpaired) electrons. The first-order valence-corrected chi connectivity index (χ1v) is 8.70. The van der Waals surface area contributed by atoms with Crippen molar-refractivity contribution in [2.24, 2.45) is 0 Å². The topological polar surface area (TPSA) is 67.4 Å². The predicted octanol–water partition coefficient (Wildman–Crippen LogP) is 4.54. The molecule has 0 bridgehead atoms. The first kappa shape index (κ1) is 20.1. The number of carbonyl (C=O) groups excluding carboxylic acids is 2. The highest BCUT2D eigenvalue weighted by Crippen LogP contribution is 2.27. The summed E-state index contributed by atoms with van der Waals surface area (Å²) in [4.78, 5) is 24.6. The van der Waals surface area contributed by atoms with Gasteiger partial charge in [0.15, 0.2) is 6.61 Å². The molecule has 0 aromatic heterocycles. The van der Waals surface area contributed by atoms with E-state index in [1.807, 2.05) is 20.8 Å². The van der Waals surface area contributed by atoms with Gasteiger partial charge in [-0.2, -0.15) is 0 Å². The van der Waals surface area contributed by atoms with Crippen molar-refractivity contribution < 1.29 is 14.3 Å². The van der Waals surface area contributed by atoms with Gasteiger partial charge in [0, 0.05) is 10.6 Å². The molecular formula is C19H20Cl2N2O3. The molecule has 0 aliphatic rings. The summed E-state index contributed by atoms with van der Waals surface area (Å²) in [6, 6.07) is 11.5. The highest BCUT2D eigenvalue weighted by Gasteiger charge is 2.18. The van der Waals surface area contributed by atoms with E-state index >= 15 is 0 Å². The highest BCUT2D eigenvalue weighted by molar-refractivity contribution is 6.35. The SMILES string of the molecule is CC(C)(C)NC(=O)c1ccccc1NC(=O)COc1ccc(Cl)cc1Cl. The second-order valence-electron chi connectivity index (χ2n) is 6.66. The summed E-state index contributed by atoms with van der Waals surface area (Å²) in [6.45, 7) is 5.40. The number of amides is 2. The van der Waals surface area contributed by atoms with Gasteiger partial charge in [0.25, 0.3) is 11.8 Å². The van der Waals surface area contributed by atoms with Crippen molar-refractivity contribution >= 4 is 40.7 Å². The predicted molar refractivity (Wildman–Crippen MR) is 104 cm³/mol. The zero-order valence-corrected chi connectivity index (χ0v) is 16.2. The van der Waals surface area contributed by atoms with E-state index in [2.05, 4.69) is 10.6 Å². The number of ether oxygens (including phenoxy) is 1. The van der Waals surface area contributed by atoms with E-state index in [-0.39, 0.29) is 18.1 Å². The number of nitrogens with one attached hydrogen (secondary N) is 2. The summed E-state index contributed by atoms with van der Waals surface area (Å²) in [5.41, 5.74) is 0.396. The second kappa shape index (κ2) is 8.43. The Labute approximate surface area is 162 Å². The van der Waals surface area contributed by atoms with Gasteiger partial charge < -0.3 is 15.4 Å². The lowest BCUT2D eigenvalue weighted by Crippen LogP contribution is -2.41.